The van der Waals surface area contributed by atoms with Crippen LogP contribution in [0.25, 0.3) is 0 Å². The number of nitrogens with two attached hydrogens (primary N) is 1. The molecule has 6 nitrogen and oxygen atoms in total. The summed E-state index contributed by atoms with van der Waals surface area (Å²) in [7, 11) is 0. The van der Waals surface area contributed by atoms with Crippen LogP contribution in [0.1, 0.15) is 31.7 Å². The molecule has 1 aromatic carbocycles. The minimum Gasteiger partial charge on any atom is -0.368 e. The number of para-hydroxylation sites is 1. The maximum atomic E-state index is 5.89. The van der Waals surface area contributed by atoms with Crippen molar-refractivity contribution in [2.75, 3.05) is 24.1 Å². The van der Waals surface area contributed by atoms with Gasteiger partial charge in [0.2, 0.25) is 11.9 Å². The SMILES string of the molecule is Cc1ccccc1Nc1nc(N)nc(CN2C[C@H](C)C[C@H](C)C2)n1. The van der Waals surface area contributed by atoms with Gasteiger partial charge in [-0.15, -0.1) is 0 Å². The van der Waals surface area contributed by atoms with Gasteiger partial charge in [-0.1, -0.05) is 32.0 Å². The van der Waals surface area contributed by atoms with Gasteiger partial charge in [-0.3, -0.25) is 4.90 Å². The fourth-order valence-corrected chi connectivity index (χ4v) is 3.52. The maximum Gasteiger partial charge on any atom is 0.232 e. The van der Waals surface area contributed by atoms with Crippen LogP contribution in [0.15, 0.2) is 24.3 Å². The lowest BCUT2D eigenvalue weighted by Crippen LogP contribution is -2.38. The number of nitrogens with one attached hydrogen (secondary N) is 1. The Morgan fingerprint density at radius 1 is 1.12 bits per heavy atom. The normalized spacial score (nSPS) is 21.6. The molecule has 3 rings (SSSR count). The van der Waals surface area contributed by atoms with E-state index in [1.807, 2.05) is 31.2 Å². The summed E-state index contributed by atoms with van der Waals surface area (Å²) in [6.07, 6.45) is 1.29. The Morgan fingerprint density at radius 2 is 1.83 bits per heavy atom. The molecule has 1 aliphatic heterocycles. The number of rotatable bonds is 4. The lowest BCUT2D eigenvalue weighted by atomic mass is 9.92. The van der Waals surface area contributed by atoms with Crippen molar-refractivity contribution >= 4 is 17.6 Å². The van der Waals surface area contributed by atoms with Crippen molar-refractivity contribution in [1.82, 2.24) is 19.9 Å². The first kappa shape index (κ1) is 16.6. The molecular weight excluding hydrogens is 300 g/mol. The van der Waals surface area contributed by atoms with Crippen LogP contribution in [-0.4, -0.2) is 32.9 Å². The first-order valence-corrected chi connectivity index (χ1v) is 8.55. The Hall–Kier alpha value is -2.21. The van der Waals surface area contributed by atoms with Crippen molar-refractivity contribution in [3.05, 3.63) is 35.7 Å². The zero-order valence-electron chi connectivity index (χ0n) is 14.7. The lowest BCUT2D eigenvalue weighted by molar-refractivity contribution is 0.131. The summed E-state index contributed by atoms with van der Waals surface area (Å²) < 4.78 is 0. The molecule has 0 bridgehead atoms. The van der Waals surface area contributed by atoms with Crippen LogP contribution >= 0.6 is 0 Å². The molecule has 0 amide bonds. The maximum absolute atomic E-state index is 5.89. The summed E-state index contributed by atoms with van der Waals surface area (Å²) in [5.41, 5.74) is 8.01. The van der Waals surface area contributed by atoms with Crippen molar-refractivity contribution in [1.29, 1.82) is 0 Å². The summed E-state index contributed by atoms with van der Waals surface area (Å²) in [6.45, 7) is 9.52. The van der Waals surface area contributed by atoms with Crippen LogP contribution in [0, 0.1) is 18.8 Å². The second-order valence-electron chi connectivity index (χ2n) is 7.01. The Labute approximate surface area is 143 Å². The van der Waals surface area contributed by atoms with E-state index in [1.54, 1.807) is 0 Å². The number of hydrogen-bond donors (Lipinski definition) is 2. The number of benzene rings is 1. The molecule has 1 fully saturated rings. The van der Waals surface area contributed by atoms with Gasteiger partial charge in [0.1, 0.15) is 5.82 Å². The molecule has 3 N–H and O–H groups in total. The van der Waals surface area contributed by atoms with Crippen molar-refractivity contribution < 1.29 is 0 Å². The van der Waals surface area contributed by atoms with Crippen LogP contribution in [0.4, 0.5) is 17.6 Å². The molecule has 1 saturated heterocycles. The average Bonchev–Trinajstić information content (AvgIpc) is 2.48. The van der Waals surface area contributed by atoms with Gasteiger partial charge in [0, 0.05) is 18.8 Å². The topological polar surface area (TPSA) is 80.0 Å². The highest BCUT2D eigenvalue weighted by Gasteiger charge is 2.22. The van der Waals surface area contributed by atoms with Gasteiger partial charge in [0.25, 0.3) is 0 Å². The molecule has 0 radical (unpaired) electrons. The molecule has 0 saturated carbocycles. The molecule has 1 aromatic heterocycles. The Kier molecular flexibility index (Phi) is 4.94. The molecule has 2 atom stereocenters. The predicted molar refractivity (Wildman–Crippen MR) is 96.9 cm³/mol. The standard InChI is InChI=1S/C18H26N6/c1-12-8-13(2)10-24(9-12)11-16-21-17(19)23-18(22-16)20-15-7-5-4-6-14(15)3/h4-7,12-13H,8-11H2,1-3H3,(H3,19,20,21,22,23)/t12-,13+. The van der Waals surface area contributed by atoms with Crippen molar-refractivity contribution in [3.63, 3.8) is 0 Å². The molecule has 128 valence electrons. The number of piperidine rings is 1. The van der Waals surface area contributed by atoms with Crippen LogP contribution in [0.5, 0.6) is 0 Å². The smallest absolute Gasteiger partial charge is 0.232 e. The van der Waals surface area contributed by atoms with E-state index >= 15 is 0 Å². The van der Waals surface area contributed by atoms with Crippen molar-refractivity contribution in [2.45, 2.75) is 33.7 Å². The molecule has 0 spiro atoms. The molecule has 6 heteroatoms. The minimum absolute atomic E-state index is 0.259. The highest BCUT2D eigenvalue weighted by Crippen LogP contribution is 2.22. The van der Waals surface area contributed by atoms with Gasteiger partial charge in [-0.25, -0.2) is 0 Å². The van der Waals surface area contributed by atoms with Gasteiger partial charge < -0.3 is 11.1 Å². The van der Waals surface area contributed by atoms with Gasteiger partial charge in [0.15, 0.2) is 0 Å². The largest absolute Gasteiger partial charge is 0.368 e. The van der Waals surface area contributed by atoms with Crippen LogP contribution < -0.4 is 11.1 Å². The number of anilines is 3. The number of aromatic nitrogens is 3. The van der Waals surface area contributed by atoms with Crippen molar-refractivity contribution in [3.8, 4) is 0 Å². The van der Waals surface area contributed by atoms with Gasteiger partial charge in [0.05, 0.1) is 6.54 Å². The Morgan fingerprint density at radius 3 is 2.54 bits per heavy atom. The third kappa shape index (κ3) is 4.20. The molecule has 2 aromatic rings. The quantitative estimate of drug-likeness (QED) is 0.899. The first-order valence-electron chi connectivity index (χ1n) is 8.55. The fourth-order valence-electron chi connectivity index (χ4n) is 3.52. The second kappa shape index (κ2) is 7.13. The predicted octanol–water partition coefficient (Wildman–Crippen LogP) is 2.98. The second-order valence-corrected chi connectivity index (χ2v) is 7.01. The zero-order chi connectivity index (χ0) is 17.1. The average molecular weight is 326 g/mol. The molecule has 1 aliphatic rings. The summed E-state index contributed by atoms with van der Waals surface area (Å²) >= 11 is 0. The Balaban J connectivity index is 1.75. The molecule has 24 heavy (non-hydrogen) atoms. The monoisotopic (exact) mass is 326 g/mol. The van der Waals surface area contributed by atoms with Gasteiger partial charge in [-0.2, -0.15) is 15.0 Å². The van der Waals surface area contributed by atoms with E-state index < -0.39 is 0 Å². The van der Waals surface area contributed by atoms with E-state index in [-0.39, 0.29) is 5.95 Å². The number of nitrogens with zero attached hydrogens (tertiary/aromatic N) is 4. The third-order valence-electron chi connectivity index (χ3n) is 4.40. The van der Waals surface area contributed by atoms with Crippen LogP contribution in [0.2, 0.25) is 0 Å². The van der Waals surface area contributed by atoms with E-state index in [0.717, 1.165) is 30.2 Å². The van der Waals surface area contributed by atoms with Crippen LogP contribution in [-0.2, 0) is 6.54 Å². The number of likely N-dealkylation sites (tertiary alicyclic amines) is 1. The van der Waals surface area contributed by atoms with E-state index in [0.29, 0.717) is 24.3 Å². The number of nitrogen functional groups attached to an aromatic ring is 1. The molecule has 2 heterocycles. The molecular formula is C18H26N6. The summed E-state index contributed by atoms with van der Waals surface area (Å²) in [6, 6.07) is 8.04. The van der Waals surface area contributed by atoms with Crippen molar-refractivity contribution in [2.24, 2.45) is 11.8 Å². The minimum atomic E-state index is 0.259. The summed E-state index contributed by atoms with van der Waals surface area (Å²) in [5.74, 6) is 2.90. The van der Waals surface area contributed by atoms with E-state index in [9.17, 15) is 0 Å². The summed E-state index contributed by atoms with van der Waals surface area (Å²) in [4.78, 5) is 15.5. The Bertz CT molecular complexity index is 692. The molecule has 0 aliphatic carbocycles. The van der Waals surface area contributed by atoms with E-state index in [1.165, 1.54) is 6.42 Å². The third-order valence-corrected chi connectivity index (χ3v) is 4.40. The van der Waals surface area contributed by atoms with E-state index in [2.05, 4.69) is 39.0 Å². The number of hydrogen-bond acceptors (Lipinski definition) is 6. The fraction of sp³-hybridized carbons (Fsp3) is 0.500. The molecule has 0 unspecified atom stereocenters. The van der Waals surface area contributed by atoms with Gasteiger partial charge >= 0.3 is 0 Å². The highest BCUT2D eigenvalue weighted by atomic mass is 15.2. The first-order chi connectivity index (χ1) is 11.5. The number of aryl methyl sites for hydroxylation is 1. The van der Waals surface area contributed by atoms with Gasteiger partial charge in [-0.05, 0) is 36.8 Å². The zero-order valence-corrected chi connectivity index (χ0v) is 14.7. The van der Waals surface area contributed by atoms with E-state index in [4.69, 9.17) is 5.73 Å². The van der Waals surface area contributed by atoms with Crippen LogP contribution in [0.3, 0.4) is 0 Å². The highest BCUT2D eigenvalue weighted by molar-refractivity contribution is 5.58. The summed E-state index contributed by atoms with van der Waals surface area (Å²) in [5, 5.41) is 3.25. The lowest BCUT2D eigenvalue weighted by Gasteiger charge is -2.34.